The molecule has 1 aliphatic heterocycles. The molecule has 110 valence electrons. The van der Waals surface area contributed by atoms with E-state index in [1.165, 1.54) is 17.2 Å². The summed E-state index contributed by atoms with van der Waals surface area (Å²) in [6.07, 6.45) is 1.70. The number of hydrogen-bond acceptors (Lipinski definition) is 2. The third-order valence-electron chi connectivity index (χ3n) is 4.14. The Balaban J connectivity index is 1.70. The molecular formula is C18H20FNO. The Morgan fingerprint density at radius 1 is 1.24 bits per heavy atom. The number of ether oxygens (including phenoxy) is 1. The summed E-state index contributed by atoms with van der Waals surface area (Å²) in [6.45, 7) is 2.67. The third-order valence-corrected chi connectivity index (χ3v) is 4.14. The van der Waals surface area contributed by atoms with E-state index in [9.17, 15) is 4.39 Å². The lowest BCUT2D eigenvalue weighted by molar-refractivity contribution is 0.210. The van der Waals surface area contributed by atoms with E-state index in [0.29, 0.717) is 6.54 Å². The fraction of sp³-hybridized carbons (Fsp3) is 0.333. The molecule has 0 fully saturated rings. The maximum Gasteiger partial charge on any atom is 0.123 e. The predicted molar refractivity (Wildman–Crippen MR) is 82.1 cm³/mol. The lowest BCUT2D eigenvalue weighted by Crippen LogP contribution is -2.22. The number of nitrogens with two attached hydrogens (primary N) is 1. The van der Waals surface area contributed by atoms with E-state index in [2.05, 4.69) is 31.2 Å². The Labute approximate surface area is 124 Å². The van der Waals surface area contributed by atoms with Gasteiger partial charge in [-0.2, -0.15) is 0 Å². The summed E-state index contributed by atoms with van der Waals surface area (Å²) in [5.41, 5.74) is 9.38. The van der Waals surface area contributed by atoms with Crippen LogP contribution in [0.1, 0.15) is 29.0 Å². The fourth-order valence-electron chi connectivity index (χ4n) is 2.94. The van der Waals surface area contributed by atoms with Crippen molar-refractivity contribution in [2.45, 2.75) is 31.8 Å². The lowest BCUT2D eigenvalue weighted by Gasteiger charge is -2.19. The smallest absolute Gasteiger partial charge is 0.123 e. The van der Waals surface area contributed by atoms with Crippen LogP contribution in [0, 0.1) is 12.7 Å². The van der Waals surface area contributed by atoms with E-state index in [-0.39, 0.29) is 17.8 Å². The van der Waals surface area contributed by atoms with E-state index < -0.39 is 0 Å². The Bertz CT molecular complexity index is 624. The third kappa shape index (κ3) is 3.08. The number of rotatable bonds is 4. The number of fused-ring (bicyclic) bond motifs is 1. The molecule has 0 saturated carbocycles. The minimum Gasteiger partial charge on any atom is -0.490 e. The van der Waals surface area contributed by atoms with Crippen molar-refractivity contribution in [3.05, 3.63) is 65.0 Å². The van der Waals surface area contributed by atoms with Crippen LogP contribution in [-0.4, -0.2) is 12.6 Å². The second-order valence-corrected chi connectivity index (χ2v) is 5.78. The molecule has 0 aliphatic carbocycles. The molecule has 0 radical (unpaired) electrons. The van der Waals surface area contributed by atoms with Crippen LogP contribution in [0.2, 0.25) is 0 Å². The Morgan fingerprint density at radius 2 is 2.00 bits per heavy atom. The van der Waals surface area contributed by atoms with Gasteiger partial charge in [-0.1, -0.05) is 29.8 Å². The number of aryl methyl sites for hydroxylation is 1. The zero-order valence-corrected chi connectivity index (χ0v) is 12.2. The van der Waals surface area contributed by atoms with E-state index in [1.807, 2.05) is 0 Å². The summed E-state index contributed by atoms with van der Waals surface area (Å²) < 4.78 is 19.2. The zero-order chi connectivity index (χ0) is 14.8. The average Bonchev–Trinajstić information content (AvgIpc) is 2.87. The van der Waals surface area contributed by atoms with E-state index in [0.717, 1.165) is 24.2 Å². The zero-order valence-electron chi connectivity index (χ0n) is 12.2. The summed E-state index contributed by atoms with van der Waals surface area (Å²) in [5, 5.41) is 0. The van der Waals surface area contributed by atoms with Crippen LogP contribution in [0.3, 0.4) is 0 Å². The fourth-order valence-corrected chi connectivity index (χ4v) is 2.94. The van der Waals surface area contributed by atoms with Gasteiger partial charge in [0, 0.05) is 12.0 Å². The van der Waals surface area contributed by atoms with Crippen LogP contribution < -0.4 is 10.5 Å². The largest absolute Gasteiger partial charge is 0.490 e. The minimum atomic E-state index is -0.202. The normalized spacial score (nSPS) is 18.1. The van der Waals surface area contributed by atoms with Crippen molar-refractivity contribution in [2.75, 3.05) is 6.54 Å². The Morgan fingerprint density at radius 3 is 2.71 bits per heavy atom. The van der Waals surface area contributed by atoms with E-state index in [4.69, 9.17) is 10.5 Å². The molecule has 2 N–H and O–H groups in total. The molecular weight excluding hydrogens is 265 g/mol. The first-order chi connectivity index (χ1) is 10.2. The summed E-state index contributed by atoms with van der Waals surface area (Å²) in [7, 11) is 0. The van der Waals surface area contributed by atoms with Crippen LogP contribution in [0.15, 0.2) is 42.5 Å². The number of benzene rings is 2. The van der Waals surface area contributed by atoms with Crippen molar-refractivity contribution < 1.29 is 9.13 Å². The van der Waals surface area contributed by atoms with Gasteiger partial charge >= 0.3 is 0 Å². The van der Waals surface area contributed by atoms with Crippen molar-refractivity contribution in [3.8, 4) is 5.75 Å². The molecule has 2 nitrogen and oxygen atoms in total. The highest BCUT2D eigenvalue weighted by Gasteiger charge is 2.26. The van der Waals surface area contributed by atoms with Crippen molar-refractivity contribution in [1.29, 1.82) is 0 Å². The van der Waals surface area contributed by atoms with Crippen LogP contribution in [-0.2, 0) is 6.42 Å². The highest BCUT2D eigenvalue weighted by molar-refractivity contribution is 5.38. The standard InChI is InChI=1S/C18H20FNO/c1-12-2-4-13(5-3-12)15(11-20)10-17-9-14-8-16(19)6-7-18(14)21-17/h2-8,15,17H,9-11,20H2,1H3. The van der Waals surface area contributed by atoms with Gasteiger partial charge in [0.05, 0.1) is 0 Å². The summed E-state index contributed by atoms with van der Waals surface area (Å²) in [4.78, 5) is 0. The molecule has 2 atom stereocenters. The van der Waals surface area contributed by atoms with Gasteiger partial charge in [0.25, 0.3) is 0 Å². The molecule has 0 saturated heterocycles. The average molecular weight is 285 g/mol. The Hall–Kier alpha value is -1.87. The second kappa shape index (κ2) is 5.86. The van der Waals surface area contributed by atoms with Gasteiger partial charge in [-0.25, -0.2) is 4.39 Å². The van der Waals surface area contributed by atoms with Gasteiger partial charge in [0.15, 0.2) is 0 Å². The van der Waals surface area contributed by atoms with E-state index >= 15 is 0 Å². The maximum atomic E-state index is 13.2. The molecule has 2 aromatic carbocycles. The second-order valence-electron chi connectivity index (χ2n) is 5.78. The number of halogens is 1. The van der Waals surface area contributed by atoms with Gasteiger partial charge in [-0.05, 0) is 49.6 Å². The number of hydrogen-bond donors (Lipinski definition) is 1. The predicted octanol–water partition coefficient (Wildman–Crippen LogP) is 3.57. The first-order valence-corrected chi connectivity index (χ1v) is 7.37. The molecule has 0 spiro atoms. The van der Waals surface area contributed by atoms with Crippen LogP contribution >= 0.6 is 0 Å². The molecule has 0 aromatic heterocycles. The minimum absolute atomic E-state index is 0.0802. The molecule has 3 rings (SSSR count). The van der Waals surface area contributed by atoms with Gasteiger partial charge in [-0.3, -0.25) is 0 Å². The molecule has 3 heteroatoms. The van der Waals surface area contributed by atoms with Crippen LogP contribution in [0.4, 0.5) is 4.39 Å². The summed E-state index contributed by atoms with van der Waals surface area (Å²) in [6, 6.07) is 13.2. The molecule has 1 heterocycles. The first kappa shape index (κ1) is 14.1. The van der Waals surface area contributed by atoms with Crippen LogP contribution in [0.25, 0.3) is 0 Å². The topological polar surface area (TPSA) is 35.2 Å². The summed E-state index contributed by atoms with van der Waals surface area (Å²) >= 11 is 0. The Kier molecular flexibility index (Phi) is 3.93. The van der Waals surface area contributed by atoms with Gasteiger partial charge in [-0.15, -0.1) is 0 Å². The molecule has 21 heavy (non-hydrogen) atoms. The van der Waals surface area contributed by atoms with E-state index in [1.54, 1.807) is 12.1 Å². The molecule has 2 aromatic rings. The molecule has 0 bridgehead atoms. The van der Waals surface area contributed by atoms with Gasteiger partial charge < -0.3 is 10.5 Å². The lowest BCUT2D eigenvalue weighted by atomic mass is 9.91. The van der Waals surface area contributed by atoms with Gasteiger partial charge in [0.2, 0.25) is 0 Å². The van der Waals surface area contributed by atoms with Crippen LogP contribution in [0.5, 0.6) is 5.75 Å². The van der Waals surface area contributed by atoms with Crippen molar-refractivity contribution in [2.24, 2.45) is 5.73 Å². The van der Waals surface area contributed by atoms with Crippen molar-refractivity contribution in [3.63, 3.8) is 0 Å². The monoisotopic (exact) mass is 285 g/mol. The molecule has 1 aliphatic rings. The SMILES string of the molecule is Cc1ccc(C(CN)CC2Cc3cc(F)ccc3O2)cc1. The molecule has 0 amide bonds. The van der Waals surface area contributed by atoms with Crippen molar-refractivity contribution >= 4 is 0 Å². The summed E-state index contributed by atoms with van der Waals surface area (Å²) in [5.74, 6) is 0.878. The maximum absolute atomic E-state index is 13.2. The quantitative estimate of drug-likeness (QED) is 0.932. The molecule has 2 unspecified atom stereocenters. The van der Waals surface area contributed by atoms with Crippen molar-refractivity contribution in [1.82, 2.24) is 0 Å². The highest BCUT2D eigenvalue weighted by Crippen LogP contribution is 2.33. The highest BCUT2D eigenvalue weighted by atomic mass is 19.1. The van der Waals surface area contributed by atoms with Gasteiger partial charge in [0.1, 0.15) is 17.7 Å². The first-order valence-electron chi connectivity index (χ1n) is 7.37.